The Bertz CT molecular complexity index is 2660. The maximum atomic E-state index is 16.1. The average molecular weight is 917 g/mol. The summed E-state index contributed by atoms with van der Waals surface area (Å²) in [5.41, 5.74) is 10.0. The van der Waals surface area contributed by atoms with Crippen molar-refractivity contribution < 1.29 is 28.4 Å². The molecule has 5 amide bonds. The van der Waals surface area contributed by atoms with Gasteiger partial charge in [0.15, 0.2) is 6.29 Å². The van der Waals surface area contributed by atoms with E-state index in [0.29, 0.717) is 51.0 Å². The molecule has 2 atom stereocenters. The van der Waals surface area contributed by atoms with E-state index in [4.69, 9.17) is 17.3 Å². The lowest BCUT2D eigenvalue weighted by Crippen LogP contribution is -2.67. The smallest absolute Gasteiger partial charge is 0.262 e. The maximum Gasteiger partial charge on any atom is 0.262 e. The number of carbonyl (C=O) groups excluding carboxylic acids is 5. The van der Waals surface area contributed by atoms with Gasteiger partial charge in [-0.15, -0.1) is 0 Å². The minimum absolute atomic E-state index is 0.0887. The fraction of sp³-hybridized carbons (Fsp3) is 0.426. The van der Waals surface area contributed by atoms with Gasteiger partial charge < -0.3 is 25.8 Å². The second-order valence-electron chi connectivity index (χ2n) is 18.8. The van der Waals surface area contributed by atoms with Gasteiger partial charge >= 0.3 is 0 Å². The van der Waals surface area contributed by atoms with Crippen LogP contribution in [0.1, 0.15) is 75.2 Å². The van der Waals surface area contributed by atoms with Crippen LogP contribution in [0.5, 0.6) is 0 Å². The van der Waals surface area contributed by atoms with Crippen LogP contribution in [-0.2, 0) is 9.59 Å². The molecule has 19 heteroatoms. The van der Waals surface area contributed by atoms with Crippen LogP contribution in [0, 0.1) is 11.2 Å². The predicted octanol–water partition coefficient (Wildman–Crippen LogP) is 3.32. The summed E-state index contributed by atoms with van der Waals surface area (Å²) < 4.78 is 16.1. The number of benzene rings is 2. The zero-order chi connectivity index (χ0) is 45.6. The third kappa shape index (κ3) is 7.21. The highest BCUT2D eigenvalue weighted by Crippen LogP contribution is 2.46. The summed E-state index contributed by atoms with van der Waals surface area (Å²) in [5, 5.41) is 5.35. The molecule has 66 heavy (non-hydrogen) atoms. The lowest BCUT2D eigenvalue weighted by atomic mass is 9.71. The van der Waals surface area contributed by atoms with Gasteiger partial charge in [0.1, 0.15) is 29.2 Å². The number of rotatable bonds is 8. The molecule has 0 radical (unpaired) electrons. The van der Waals surface area contributed by atoms with Crippen LogP contribution in [-0.4, -0.2) is 154 Å². The number of nitrogens with two attached hydrogens (primary N) is 1. The first kappa shape index (κ1) is 42.4. The number of hydrogen-bond donors (Lipinski definition) is 3. The van der Waals surface area contributed by atoms with Crippen molar-refractivity contribution in [2.24, 2.45) is 16.1 Å². The van der Waals surface area contributed by atoms with Crippen molar-refractivity contribution in [3.05, 3.63) is 106 Å². The van der Waals surface area contributed by atoms with E-state index in [0.717, 1.165) is 88.6 Å². The highest BCUT2D eigenvalue weighted by Gasteiger charge is 2.51. The zero-order valence-corrected chi connectivity index (χ0v) is 37.2. The number of pyridine rings is 1. The Morgan fingerprint density at radius 3 is 2.33 bits per heavy atom. The monoisotopic (exact) mass is 916 g/mol. The normalized spacial score (nSPS) is 25.0. The summed E-state index contributed by atoms with van der Waals surface area (Å²) in [6.45, 7) is 7.72. The van der Waals surface area contributed by atoms with Gasteiger partial charge in [-0.2, -0.15) is 0 Å². The number of amides is 5. The van der Waals surface area contributed by atoms with Crippen molar-refractivity contribution in [2.45, 2.75) is 62.9 Å². The number of aromatic nitrogens is 1. The molecule has 0 aliphatic carbocycles. The quantitative estimate of drug-likeness (QED) is 0.280. The second-order valence-corrected chi connectivity index (χ2v) is 19.3. The Labute approximate surface area is 385 Å². The number of imide groups is 2. The number of halogens is 2. The lowest BCUT2D eigenvalue weighted by Gasteiger charge is -2.59. The molecular formula is C47H50ClFN12O5. The SMILES string of the molecule is CN1C(c2ccc(C(=O)Nc3cc(Cl)ccn3)cc2F)=C2C(N)=NC=CN2C1N1CCC2(CC1)CN(C1CCN(C3CN(c4ccc5c(c4)C(=O)N(C4CCC(=O)NC4=O)C5=O)C3)CC1)C2. The maximum absolute atomic E-state index is 16.1. The van der Waals surface area contributed by atoms with Gasteiger partial charge in [0.05, 0.1) is 16.8 Å². The Hall–Kier alpha value is -6.21. The number of amidine groups is 1. The van der Waals surface area contributed by atoms with E-state index in [1.165, 1.54) is 18.3 Å². The molecule has 0 saturated carbocycles. The summed E-state index contributed by atoms with van der Waals surface area (Å²) in [6.07, 6.45) is 9.45. The van der Waals surface area contributed by atoms with Crippen LogP contribution >= 0.6 is 11.6 Å². The molecule has 3 aromatic rings. The number of carbonyl (C=O) groups is 5. The van der Waals surface area contributed by atoms with Crippen molar-refractivity contribution >= 4 is 64.2 Å². The lowest BCUT2D eigenvalue weighted by molar-refractivity contribution is -0.136. The molecule has 9 heterocycles. The molecule has 5 fully saturated rings. The molecule has 5 saturated heterocycles. The third-order valence-electron chi connectivity index (χ3n) is 15.0. The molecule has 2 unspecified atom stereocenters. The molecule has 0 bridgehead atoms. The number of piperidine rings is 3. The van der Waals surface area contributed by atoms with Crippen molar-refractivity contribution in [3.63, 3.8) is 0 Å². The molecule has 4 N–H and O–H groups in total. The fourth-order valence-corrected chi connectivity index (χ4v) is 11.6. The van der Waals surface area contributed by atoms with E-state index < -0.39 is 41.4 Å². The van der Waals surface area contributed by atoms with Crippen LogP contribution in [0.3, 0.4) is 0 Å². The van der Waals surface area contributed by atoms with E-state index in [2.05, 4.69) is 50.0 Å². The Morgan fingerprint density at radius 2 is 1.61 bits per heavy atom. The highest BCUT2D eigenvalue weighted by atomic mass is 35.5. The van der Waals surface area contributed by atoms with Crippen LogP contribution in [0.4, 0.5) is 15.9 Å². The van der Waals surface area contributed by atoms with Crippen molar-refractivity contribution in [3.8, 4) is 0 Å². The molecule has 342 valence electrons. The molecule has 2 aromatic carbocycles. The first-order valence-electron chi connectivity index (χ1n) is 22.7. The van der Waals surface area contributed by atoms with Crippen molar-refractivity contribution in [1.29, 1.82) is 0 Å². The van der Waals surface area contributed by atoms with Gasteiger partial charge in [0, 0.05) is 118 Å². The van der Waals surface area contributed by atoms with Crippen LogP contribution < -0.4 is 21.3 Å². The molecule has 17 nitrogen and oxygen atoms in total. The fourth-order valence-electron chi connectivity index (χ4n) is 11.4. The van der Waals surface area contributed by atoms with Crippen molar-refractivity contribution in [2.75, 3.05) is 69.6 Å². The minimum atomic E-state index is -0.977. The summed E-state index contributed by atoms with van der Waals surface area (Å²) >= 11 is 6.05. The summed E-state index contributed by atoms with van der Waals surface area (Å²) in [7, 11) is 1.96. The zero-order valence-electron chi connectivity index (χ0n) is 36.5. The topological polar surface area (TPSA) is 183 Å². The standard InChI is InChI=1S/C47H50ClFN12O5/c1-55-39(33-4-2-27(20-35(33)49)42(63)53-37-21-28(48)8-13-51-37)40-41(50)52-14-19-60(40)46(55)57-17-11-47(12-18-57)25-59(26-47)29-9-15-56(16-10-29)31-23-58(24-31)30-3-5-32-34(22-30)45(66)61(44(32)65)36-6-7-38(62)54-43(36)64/h2-5,8,13-14,19-22,29,31,36,46H,6-7,9-12,15-18,23-26H2,1H3,(H2,50,52)(H,51,53,63)(H,54,62,64). The van der Waals surface area contributed by atoms with E-state index in [9.17, 15) is 24.0 Å². The number of nitrogens with one attached hydrogen (secondary N) is 2. The van der Waals surface area contributed by atoms with E-state index in [1.54, 1.807) is 36.5 Å². The van der Waals surface area contributed by atoms with Crippen LogP contribution in [0.15, 0.2) is 77.8 Å². The molecule has 8 aliphatic rings. The van der Waals surface area contributed by atoms with E-state index >= 15 is 4.39 Å². The second kappa shape index (κ2) is 16.3. The number of likely N-dealkylation sites (tertiary alicyclic amines) is 3. The number of anilines is 2. The Balaban J connectivity index is 0.663. The summed E-state index contributed by atoms with van der Waals surface area (Å²) in [5.74, 6) is -2.46. The number of aliphatic imine (C=N–C) groups is 1. The van der Waals surface area contributed by atoms with Gasteiger partial charge in [-0.3, -0.25) is 48.9 Å². The molecule has 1 aromatic heterocycles. The first-order valence-corrected chi connectivity index (χ1v) is 23.0. The largest absolute Gasteiger partial charge is 0.382 e. The van der Waals surface area contributed by atoms with Gasteiger partial charge in [-0.1, -0.05) is 11.6 Å². The van der Waals surface area contributed by atoms with Crippen LogP contribution in [0.25, 0.3) is 5.70 Å². The number of nitrogens with zero attached hydrogens (tertiary/aromatic N) is 9. The van der Waals surface area contributed by atoms with Gasteiger partial charge in [0.2, 0.25) is 11.8 Å². The first-order chi connectivity index (χ1) is 31.8. The van der Waals surface area contributed by atoms with E-state index in [-0.39, 0.29) is 35.9 Å². The van der Waals surface area contributed by atoms with Crippen LogP contribution in [0.2, 0.25) is 5.02 Å². The summed E-state index contributed by atoms with van der Waals surface area (Å²) in [4.78, 5) is 87.3. The van der Waals surface area contributed by atoms with Gasteiger partial charge in [-0.05, 0) is 86.1 Å². The highest BCUT2D eigenvalue weighted by molar-refractivity contribution is 6.30. The Morgan fingerprint density at radius 1 is 0.864 bits per heavy atom. The summed E-state index contributed by atoms with van der Waals surface area (Å²) in [6, 6.07) is 12.9. The molecule has 1 spiro atoms. The van der Waals surface area contributed by atoms with E-state index in [1.807, 2.05) is 19.3 Å². The average Bonchev–Trinajstić information content (AvgIpc) is 3.71. The molecule has 11 rings (SSSR count). The third-order valence-corrected chi connectivity index (χ3v) is 15.2. The van der Waals surface area contributed by atoms with Gasteiger partial charge in [0.25, 0.3) is 17.7 Å². The van der Waals surface area contributed by atoms with Crippen molar-refractivity contribution in [1.82, 2.24) is 39.7 Å². The Kier molecular flexibility index (Phi) is 10.5. The van der Waals surface area contributed by atoms with Gasteiger partial charge in [-0.25, -0.2) is 14.4 Å². The minimum Gasteiger partial charge on any atom is -0.382 e. The molecule has 8 aliphatic heterocycles. The number of hydrogen-bond acceptors (Lipinski definition) is 14. The number of fused-ring (bicyclic) bond motifs is 2. The predicted molar refractivity (Wildman–Crippen MR) is 243 cm³/mol. The molecular weight excluding hydrogens is 867 g/mol.